The lowest BCUT2D eigenvalue weighted by Gasteiger charge is -2.34. The molecule has 0 saturated carbocycles. The Hall–Kier alpha value is -1.06. The molecular weight excluding hydrogens is 248 g/mol. The van der Waals surface area contributed by atoms with E-state index >= 15 is 0 Å². The molecule has 3 atom stereocenters. The zero-order valence-electron chi connectivity index (χ0n) is 12.6. The zero-order chi connectivity index (χ0) is 13.9. The topological polar surface area (TPSA) is 24.5 Å². The Morgan fingerprint density at radius 3 is 2.90 bits per heavy atom. The number of hydrogen-bond donors (Lipinski definition) is 1. The number of methoxy groups -OCH3 is 1. The number of hydrogen-bond acceptors (Lipinski definition) is 3. The molecule has 0 aromatic heterocycles. The van der Waals surface area contributed by atoms with Crippen molar-refractivity contribution in [3.8, 4) is 5.75 Å². The van der Waals surface area contributed by atoms with Crippen LogP contribution in [0.3, 0.4) is 0 Å². The van der Waals surface area contributed by atoms with Gasteiger partial charge in [-0.1, -0.05) is 24.6 Å². The summed E-state index contributed by atoms with van der Waals surface area (Å²) in [6, 6.07) is 10.1. The van der Waals surface area contributed by atoms with E-state index in [1.807, 2.05) is 6.07 Å². The fourth-order valence-electron chi connectivity index (χ4n) is 3.88. The molecule has 1 N–H and O–H groups in total. The van der Waals surface area contributed by atoms with E-state index in [4.69, 9.17) is 4.74 Å². The predicted molar refractivity (Wildman–Crippen MR) is 82.2 cm³/mol. The predicted octanol–water partition coefficient (Wildman–Crippen LogP) is 2.97. The summed E-state index contributed by atoms with van der Waals surface area (Å²) in [7, 11) is 1.75. The zero-order valence-corrected chi connectivity index (χ0v) is 12.6. The van der Waals surface area contributed by atoms with Gasteiger partial charge in [-0.2, -0.15) is 0 Å². The van der Waals surface area contributed by atoms with Crippen molar-refractivity contribution < 1.29 is 4.74 Å². The van der Waals surface area contributed by atoms with Crippen LogP contribution in [-0.2, 0) is 0 Å². The van der Waals surface area contributed by atoms with Crippen molar-refractivity contribution in [3.63, 3.8) is 0 Å². The number of fused-ring (bicyclic) bond motifs is 1. The first-order valence-corrected chi connectivity index (χ1v) is 7.92. The summed E-state index contributed by atoms with van der Waals surface area (Å²) in [5.74, 6) is 0.992. The molecule has 2 heterocycles. The molecule has 3 rings (SSSR count). The van der Waals surface area contributed by atoms with Crippen molar-refractivity contribution in [2.45, 2.75) is 50.7 Å². The molecule has 0 radical (unpaired) electrons. The van der Waals surface area contributed by atoms with Gasteiger partial charge in [0, 0.05) is 30.2 Å². The van der Waals surface area contributed by atoms with Crippen LogP contribution >= 0.6 is 0 Å². The maximum Gasteiger partial charge on any atom is 0.123 e. The van der Waals surface area contributed by atoms with Gasteiger partial charge in [0.15, 0.2) is 0 Å². The molecule has 2 unspecified atom stereocenters. The molecule has 2 saturated heterocycles. The van der Waals surface area contributed by atoms with E-state index in [2.05, 4.69) is 35.3 Å². The first kappa shape index (κ1) is 13.9. The summed E-state index contributed by atoms with van der Waals surface area (Å²) < 4.78 is 5.49. The third-order valence-corrected chi connectivity index (χ3v) is 4.93. The highest BCUT2D eigenvalue weighted by Gasteiger charge is 2.36. The van der Waals surface area contributed by atoms with Crippen molar-refractivity contribution in [2.75, 3.05) is 20.2 Å². The normalized spacial score (nSPS) is 28.1. The number of ether oxygens (including phenoxy) is 1. The molecule has 2 fully saturated rings. The maximum atomic E-state index is 5.49. The average Bonchev–Trinajstić information content (AvgIpc) is 2.90. The molecule has 3 heteroatoms. The standard InChI is InChI=1S/C17H26N2O/c1-13(14-7-3-4-9-17(14)20-2)18-15-10-12-19-11-6-5-8-16(15)19/h3-4,7,9,13,15-16,18H,5-6,8,10-12H2,1-2H3/t13-,15?,16?/m1/s1. The van der Waals surface area contributed by atoms with Crippen LogP contribution in [0.15, 0.2) is 24.3 Å². The highest BCUT2D eigenvalue weighted by atomic mass is 16.5. The van der Waals surface area contributed by atoms with Crippen LogP contribution in [0.1, 0.15) is 44.2 Å². The molecule has 2 aliphatic heterocycles. The lowest BCUT2D eigenvalue weighted by atomic mass is 9.97. The molecule has 2 aliphatic rings. The van der Waals surface area contributed by atoms with Crippen LogP contribution in [-0.4, -0.2) is 37.2 Å². The minimum atomic E-state index is 0.345. The van der Waals surface area contributed by atoms with Crippen LogP contribution in [0.5, 0.6) is 5.75 Å². The van der Waals surface area contributed by atoms with Crippen LogP contribution in [0, 0.1) is 0 Å². The van der Waals surface area contributed by atoms with Gasteiger partial charge in [-0.3, -0.25) is 4.90 Å². The van der Waals surface area contributed by atoms with E-state index in [0.29, 0.717) is 12.1 Å². The van der Waals surface area contributed by atoms with Crippen LogP contribution in [0.4, 0.5) is 0 Å². The summed E-state index contributed by atoms with van der Waals surface area (Å²) in [6.07, 6.45) is 5.41. The highest BCUT2D eigenvalue weighted by molar-refractivity contribution is 5.35. The van der Waals surface area contributed by atoms with Gasteiger partial charge in [0.1, 0.15) is 5.75 Å². The first-order chi connectivity index (χ1) is 9.79. The van der Waals surface area contributed by atoms with Gasteiger partial charge >= 0.3 is 0 Å². The molecule has 110 valence electrons. The van der Waals surface area contributed by atoms with Crippen LogP contribution in [0.25, 0.3) is 0 Å². The van der Waals surface area contributed by atoms with Crippen molar-refractivity contribution in [2.24, 2.45) is 0 Å². The second kappa shape index (κ2) is 6.15. The number of nitrogens with zero attached hydrogens (tertiary/aromatic N) is 1. The van der Waals surface area contributed by atoms with E-state index in [-0.39, 0.29) is 0 Å². The molecule has 20 heavy (non-hydrogen) atoms. The number of para-hydroxylation sites is 1. The Kier molecular flexibility index (Phi) is 4.27. The Morgan fingerprint density at radius 2 is 2.05 bits per heavy atom. The molecule has 1 aromatic carbocycles. The summed E-state index contributed by atoms with van der Waals surface area (Å²) in [4.78, 5) is 2.68. The van der Waals surface area contributed by atoms with E-state index in [9.17, 15) is 0 Å². The molecule has 0 amide bonds. The van der Waals surface area contributed by atoms with Crippen LogP contribution < -0.4 is 10.1 Å². The molecule has 0 bridgehead atoms. The molecular formula is C17H26N2O. The van der Waals surface area contributed by atoms with E-state index < -0.39 is 0 Å². The molecule has 1 aromatic rings. The minimum Gasteiger partial charge on any atom is -0.496 e. The van der Waals surface area contributed by atoms with E-state index in [1.165, 1.54) is 44.3 Å². The van der Waals surface area contributed by atoms with Crippen LogP contribution in [0.2, 0.25) is 0 Å². The molecule has 0 spiro atoms. The van der Waals surface area contributed by atoms with Crippen molar-refractivity contribution >= 4 is 0 Å². The second-order valence-electron chi connectivity index (χ2n) is 6.12. The van der Waals surface area contributed by atoms with Gasteiger partial charge in [0.2, 0.25) is 0 Å². The van der Waals surface area contributed by atoms with Gasteiger partial charge in [-0.15, -0.1) is 0 Å². The van der Waals surface area contributed by atoms with Gasteiger partial charge in [-0.05, 0) is 38.8 Å². The number of rotatable bonds is 4. The lowest BCUT2D eigenvalue weighted by Crippen LogP contribution is -2.45. The van der Waals surface area contributed by atoms with Crippen molar-refractivity contribution in [3.05, 3.63) is 29.8 Å². The number of benzene rings is 1. The Labute approximate surface area is 122 Å². The van der Waals surface area contributed by atoms with E-state index in [1.54, 1.807) is 7.11 Å². The largest absolute Gasteiger partial charge is 0.496 e. The summed E-state index contributed by atoms with van der Waals surface area (Å²) in [6.45, 7) is 4.82. The third-order valence-electron chi connectivity index (χ3n) is 4.93. The number of nitrogens with one attached hydrogen (secondary N) is 1. The van der Waals surface area contributed by atoms with Gasteiger partial charge in [0.05, 0.1) is 7.11 Å². The van der Waals surface area contributed by atoms with Gasteiger partial charge in [0.25, 0.3) is 0 Å². The monoisotopic (exact) mass is 274 g/mol. The van der Waals surface area contributed by atoms with Crippen molar-refractivity contribution in [1.29, 1.82) is 0 Å². The Balaban J connectivity index is 1.68. The van der Waals surface area contributed by atoms with Crippen molar-refractivity contribution in [1.82, 2.24) is 10.2 Å². The average molecular weight is 274 g/mol. The Bertz CT molecular complexity index is 448. The molecule has 0 aliphatic carbocycles. The lowest BCUT2D eigenvalue weighted by molar-refractivity contribution is 0.177. The van der Waals surface area contributed by atoms with Gasteiger partial charge in [-0.25, -0.2) is 0 Å². The second-order valence-corrected chi connectivity index (χ2v) is 6.12. The molecule has 3 nitrogen and oxygen atoms in total. The fourth-order valence-corrected chi connectivity index (χ4v) is 3.88. The highest BCUT2D eigenvalue weighted by Crippen LogP contribution is 2.30. The smallest absolute Gasteiger partial charge is 0.123 e. The quantitative estimate of drug-likeness (QED) is 0.913. The van der Waals surface area contributed by atoms with E-state index in [0.717, 1.165) is 11.8 Å². The summed E-state index contributed by atoms with van der Waals surface area (Å²) in [5.41, 5.74) is 1.27. The SMILES string of the molecule is COc1ccccc1[C@@H](C)NC1CCN2CCCCC12. The summed E-state index contributed by atoms with van der Waals surface area (Å²) in [5, 5.41) is 3.85. The third kappa shape index (κ3) is 2.70. The fraction of sp³-hybridized carbons (Fsp3) is 0.647. The Morgan fingerprint density at radius 1 is 1.20 bits per heavy atom. The first-order valence-electron chi connectivity index (χ1n) is 7.92. The minimum absolute atomic E-state index is 0.345. The number of piperidine rings is 1. The maximum absolute atomic E-state index is 5.49. The van der Waals surface area contributed by atoms with Gasteiger partial charge < -0.3 is 10.1 Å². The summed E-state index contributed by atoms with van der Waals surface area (Å²) >= 11 is 0.